The summed E-state index contributed by atoms with van der Waals surface area (Å²) in [5, 5.41) is 7.14. The van der Waals surface area contributed by atoms with E-state index in [0.29, 0.717) is 0 Å². The van der Waals surface area contributed by atoms with Crippen LogP contribution in [-0.2, 0) is 5.41 Å². The van der Waals surface area contributed by atoms with Gasteiger partial charge in [-0.05, 0) is 138 Å². The summed E-state index contributed by atoms with van der Waals surface area (Å²) >= 11 is 0. The molecule has 0 bridgehead atoms. The SMILES string of the molecule is c1ccc(C2(c3ccccc3)c3ccccc3-c3ccc(N(c4ccc(-c5ccc6cc(-c7ccc8ccccc8c7)ccc6c5)cc4)c4cccc5oc6ccccc6c45)cc32)cc1. The third-order valence-electron chi connectivity index (χ3n) is 13.7. The minimum Gasteiger partial charge on any atom is -0.456 e. The van der Waals surface area contributed by atoms with Crippen LogP contribution in [0.5, 0.6) is 0 Å². The molecule has 1 aliphatic carbocycles. The smallest absolute Gasteiger partial charge is 0.137 e. The fraction of sp³-hybridized carbons (Fsp3) is 0.0159. The number of fused-ring (bicyclic) bond motifs is 8. The first-order chi connectivity index (χ1) is 32.2. The van der Waals surface area contributed by atoms with Gasteiger partial charge in [0.15, 0.2) is 0 Å². The number of furan rings is 1. The molecule has 0 aliphatic heterocycles. The first-order valence-electron chi connectivity index (χ1n) is 22.4. The van der Waals surface area contributed by atoms with Gasteiger partial charge in [-0.25, -0.2) is 0 Å². The molecule has 304 valence electrons. The van der Waals surface area contributed by atoms with Crippen molar-refractivity contribution < 1.29 is 4.42 Å². The van der Waals surface area contributed by atoms with Crippen LogP contribution in [0.25, 0.3) is 76.9 Å². The van der Waals surface area contributed by atoms with Crippen molar-refractivity contribution in [2.75, 3.05) is 4.90 Å². The Hall–Kier alpha value is -8.46. The Morgan fingerprint density at radius 2 is 0.846 bits per heavy atom. The second-order valence-corrected chi connectivity index (χ2v) is 17.2. The first kappa shape index (κ1) is 37.1. The van der Waals surface area contributed by atoms with Crippen molar-refractivity contribution >= 4 is 60.5 Å². The molecule has 0 amide bonds. The molecule has 2 nitrogen and oxygen atoms in total. The Balaban J connectivity index is 0.961. The van der Waals surface area contributed by atoms with Crippen LogP contribution in [0.2, 0.25) is 0 Å². The van der Waals surface area contributed by atoms with Crippen molar-refractivity contribution in [2.45, 2.75) is 5.41 Å². The summed E-state index contributed by atoms with van der Waals surface area (Å²) in [5.41, 5.74) is 16.8. The molecule has 1 aromatic heterocycles. The van der Waals surface area contributed by atoms with Crippen LogP contribution in [0.1, 0.15) is 22.3 Å². The van der Waals surface area contributed by atoms with E-state index in [9.17, 15) is 0 Å². The fourth-order valence-electron chi connectivity index (χ4n) is 10.7. The van der Waals surface area contributed by atoms with Gasteiger partial charge in [-0.15, -0.1) is 0 Å². The summed E-state index contributed by atoms with van der Waals surface area (Å²) in [6.07, 6.45) is 0. The molecule has 2 heteroatoms. The normalized spacial score (nSPS) is 12.7. The molecule has 0 unspecified atom stereocenters. The van der Waals surface area contributed by atoms with Gasteiger partial charge >= 0.3 is 0 Å². The van der Waals surface area contributed by atoms with Crippen LogP contribution >= 0.6 is 0 Å². The number of anilines is 3. The molecule has 1 aliphatic rings. The van der Waals surface area contributed by atoms with Gasteiger partial charge in [0.05, 0.1) is 16.5 Å². The fourth-order valence-corrected chi connectivity index (χ4v) is 10.7. The molecule has 0 saturated heterocycles. The number of hydrogen-bond acceptors (Lipinski definition) is 2. The summed E-state index contributed by atoms with van der Waals surface area (Å²) in [4.78, 5) is 2.42. The monoisotopic (exact) mass is 827 g/mol. The second-order valence-electron chi connectivity index (χ2n) is 17.2. The highest BCUT2D eigenvalue weighted by Crippen LogP contribution is 2.57. The molecule has 0 atom stereocenters. The Morgan fingerprint density at radius 3 is 1.57 bits per heavy atom. The van der Waals surface area contributed by atoms with Crippen molar-refractivity contribution in [3.05, 3.63) is 271 Å². The van der Waals surface area contributed by atoms with Gasteiger partial charge in [-0.2, -0.15) is 0 Å². The lowest BCUT2D eigenvalue weighted by atomic mass is 9.67. The summed E-state index contributed by atoms with van der Waals surface area (Å²) in [6, 6.07) is 90.9. The van der Waals surface area contributed by atoms with E-state index in [1.807, 2.05) is 6.07 Å². The van der Waals surface area contributed by atoms with Gasteiger partial charge in [0.2, 0.25) is 0 Å². The molecule has 65 heavy (non-hydrogen) atoms. The highest BCUT2D eigenvalue weighted by molar-refractivity contribution is 6.13. The van der Waals surface area contributed by atoms with Crippen molar-refractivity contribution in [3.63, 3.8) is 0 Å². The van der Waals surface area contributed by atoms with Crippen LogP contribution in [0.3, 0.4) is 0 Å². The third-order valence-corrected chi connectivity index (χ3v) is 13.7. The average Bonchev–Trinajstić information content (AvgIpc) is 3.91. The number of nitrogens with zero attached hydrogens (tertiary/aromatic N) is 1. The van der Waals surface area contributed by atoms with Crippen LogP contribution in [0.4, 0.5) is 17.1 Å². The number of rotatable bonds is 7. The number of hydrogen-bond donors (Lipinski definition) is 0. The lowest BCUT2D eigenvalue weighted by Crippen LogP contribution is -2.28. The highest BCUT2D eigenvalue weighted by Gasteiger charge is 2.46. The molecule has 12 aromatic rings. The standard InChI is InChI=1S/C63H41NO/c1-3-16-50(17-4-1)63(51-18-5-2-6-19-51)57-22-11-9-20-54(57)55-37-36-53(41-58(55)63)64(59-23-13-25-61-62(59)56-21-10-12-24-60(56)65-61)52-34-32-43(33-35-52)45-28-29-48-40-49(31-30-47(48)39-45)46-27-26-42-14-7-8-15-44(42)38-46/h1-41H. The maximum absolute atomic E-state index is 6.51. The molecule has 11 aromatic carbocycles. The van der Waals surface area contributed by atoms with E-state index in [2.05, 4.69) is 248 Å². The predicted molar refractivity (Wildman–Crippen MR) is 272 cm³/mol. The Labute approximate surface area is 377 Å². The van der Waals surface area contributed by atoms with Crippen molar-refractivity contribution in [3.8, 4) is 33.4 Å². The van der Waals surface area contributed by atoms with Crippen LogP contribution in [0.15, 0.2) is 253 Å². The lowest BCUT2D eigenvalue weighted by molar-refractivity contribution is 0.669. The number of benzene rings is 11. The van der Waals surface area contributed by atoms with E-state index in [0.717, 1.165) is 44.6 Å². The van der Waals surface area contributed by atoms with Crippen LogP contribution in [0, 0.1) is 0 Å². The third kappa shape index (κ3) is 5.88. The van der Waals surface area contributed by atoms with E-state index in [4.69, 9.17) is 4.42 Å². The zero-order valence-electron chi connectivity index (χ0n) is 35.5. The van der Waals surface area contributed by atoms with Gasteiger partial charge in [0.1, 0.15) is 11.2 Å². The van der Waals surface area contributed by atoms with Gasteiger partial charge < -0.3 is 9.32 Å². The lowest BCUT2D eigenvalue weighted by Gasteiger charge is -2.35. The quantitative estimate of drug-likeness (QED) is 0.159. The minimum atomic E-state index is -0.527. The average molecular weight is 828 g/mol. The molecule has 1 heterocycles. The van der Waals surface area contributed by atoms with Gasteiger partial charge in [0, 0.05) is 16.8 Å². The highest BCUT2D eigenvalue weighted by atomic mass is 16.3. The van der Waals surface area contributed by atoms with Gasteiger partial charge in [0.25, 0.3) is 0 Å². The van der Waals surface area contributed by atoms with Gasteiger partial charge in [-0.3, -0.25) is 0 Å². The zero-order valence-corrected chi connectivity index (χ0v) is 35.5. The zero-order chi connectivity index (χ0) is 42.9. The molecule has 0 spiro atoms. The van der Waals surface area contributed by atoms with Crippen LogP contribution < -0.4 is 4.90 Å². The summed E-state index contributed by atoms with van der Waals surface area (Å²) in [6.45, 7) is 0. The van der Waals surface area contributed by atoms with E-state index in [-0.39, 0.29) is 0 Å². The summed E-state index contributed by atoms with van der Waals surface area (Å²) in [7, 11) is 0. The Kier molecular flexibility index (Phi) is 8.47. The summed E-state index contributed by atoms with van der Waals surface area (Å²) < 4.78 is 6.51. The molecular formula is C63H41NO. The van der Waals surface area contributed by atoms with Crippen molar-refractivity contribution in [1.82, 2.24) is 0 Å². The van der Waals surface area contributed by atoms with Crippen LogP contribution in [-0.4, -0.2) is 0 Å². The Morgan fingerprint density at radius 1 is 0.323 bits per heavy atom. The van der Waals surface area contributed by atoms with E-state index >= 15 is 0 Å². The predicted octanol–water partition coefficient (Wildman–Crippen LogP) is 17.1. The van der Waals surface area contributed by atoms with Gasteiger partial charge in [-0.1, -0.05) is 188 Å². The summed E-state index contributed by atoms with van der Waals surface area (Å²) in [5.74, 6) is 0. The van der Waals surface area contributed by atoms with E-state index in [1.165, 1.54) is 71.6 Å². The number of para-hydroxylation sites is 1. The molecule has 13 rings (SSSR count). The van der Waals surface area contributed by atoms with Crippen molar-refractivity contribution in [1.29, 1.82) is 0 Å². The first-order valence-corrected chi connectivity index (χ1v) is 22.4. The molecule has 0 fully saturated rings. The minimum absolute atomic E-state index is 0.527. The van der Waals surface area contributed by atoms with E-state index in [1.54, 1.807) is 0 Å². The molecule has 0 radical (unpaired) electrons. The molecular weight excluding hydrogens is 787 g/mol. The van der Waals surface area contributed by atoms with E-state index < -0.39 is 5.41 Å². The maximum atomic E-state index is 6.51. The second kappa shape index (κ2) is 14.8. The maximum Gasteiger partial charge on any atom is 0.137 e. The topological polar surface area (TPSA) is 16.4 Å². The molecule has 0 N–H and O–H groups in total. The van der Waals surface area contributed by atoms with Crippen molar-refractivity contribution in [2.24, 2.45) is 0 Å². The Bertz CT molecular complexity index is 3730. The largest absolute Gasteiger partial charge is 0.456 e. The molecule has 0 saturated carbocycles.